The number of carbonyl (C=O) groups excluding carboxylic acids is 2. The van der Waals surface area contributed by atoms with E-state index in [2.05, 4.69) is 15.3 Å². The zero-order valence-electron chi connectivity index (χ0n) is 16.2. The summed E-state index contributed by atoms with van der Waals surface area (Å²) in [5.74, 6) is 0.971. The summed E-state index contributed by atoms with van der Waals surface area (Å²) in [7, 11) is 0. The molecule has 3 heterocycles. The van der Waals surface area contributed by atoms with Crippen LogP contribution in [-0.4, -0.2) is 39.8 Å². The van der Waals surface area contributed by atoms with Crippen LogP contribution in [0.25, 0.3) is 0 Å². The van der Waals surface area contributed by atoms with Crippen LogP contribution in [0.15, 0.2) is 66.9 Å². The van der Waals surface area contributed by atoms with Gasteiger partial charge in [-0.15, -0.1) is 0 Å². The topological polar surface area (TPSA) is 101 Å². The quantitative estimate of drug-likeness (QED) is 0.687. The zero-order chi connectivity index (χ0) is 20.7. The maximum absolute atomic E-state index is 13.0. The molecule has 0 spiro atoms. The number of nitrogens with zero attached hydrogens (tertiary/aromatic N) is 3. The Hall–Kier alpha value is -3.74. The Labute approximate surface area is 174 Å². The van der Waals surface area contributed by atoms with Crippen molar-refractivity contribution >= 4 is 23.3 Å². The number of rotatable bonds is 5. The molecule has 7 nitrogen and oxygen atoms in total. The maximum Gasteiger partial charge on any atom is 0.272 e. The van der Waals surface area contributed by atoms with Gasteiger partial charge in [0, 0.05) is 25.0 Å². The average Bonchev–Trinajstić information content (AvgIpc) is 3.26. The Morgan fingerprint density at radius 1 is 0.967 bits per heavy atom. The van der Waals surface area contributed by atoms with Gasteiger partial charge in [0.1, 0.15) is 17.2 Å². The van der Waals surface area contributed by atoms with Crippen LogP contribution in [0, 0.1) is 11.8 Å². The van der Waals surface area contributed by atoms with E-state index in [1.54, 1.807) is 12.3 Å². The van der Waals surface area contributed by atoms with Gasteiger partial charge in [-0.3, -0.25) is 14.6 Å². The molecule has 3 atom stereocenters. The second-order valence-electron chi connectivity index (χ2n) is 7.77. The molecule has 0 bridgehead atoms. The minimum Gasteiger partial charge on any atom is -0.364 e. The lowest BCUT2D eigenvalue weighted by Crippen LogP contribution is -2.32. The third-order valence-electron chi connectivity index (χ3n) is 5.93. The van der Waals surface area contributed by atoms with E-state index >= 15 is 0 Å². The molecule has 3 aromatic rings. The van der Waals surface area contributed by atoms with Crippen molar-refractivity contribution in [2.45, 2.75) is 5.92 Å². The van der Waals surface area contributed by atoms with Gasteiger partial charge >= 0.3 is 0 Å². The molecule has 1 aliphatic carbocycles. The predicted molar refractivity (Wildman–Crippen MR) is 112 cm³/mol. The first-order valence-corrected chi connectivity index (χ1v) is 9.95. The summed E-state index contributed by atoms with van der Waals surface area (Å²) in [4.78, 5) is 35.1. The molecule has 1 aromatic carbocycles. The molecular weight excluding hydrogens is 378 g/mol. The molecule has 0 radical (unpaired) electrons. The summed E-state index contributed by atoms with van der Waals surface area (Å²) < 4.78 is 0. The number of hydrogen-bond acceptors (Lipinski definition) is 5. The second-order valence-corrected chi connectivity index (χ2v) is 7.77. The second kappa shape index (κ2) is 7.26. The van der Waals surface area contributed by atoms with Gasteiger partial charge in [-0.2, -0.15) is 0 Å². The van der Waals surface area contributed by atoms with Gasteiger partial charge in [0.2, 0.25) is 0 Å². The molecule has 30 heavy (non-hydrogen) atoms. The Morgan fingerprint density at radius 3 is 2.47 bits per heavy atom. The third kappa shape index (κ3) is 3.28. The molecule has 2 aromatic heterocycles. The fourth-order valence-electron chi connectivity index (χ4n) is 4.50. The summed E-state index contributed by atoms with van der Waals surface area (Å²) in [5.41, 5.74) is 8.06. The summed E-state index contributed by atoms with van der Waals surface area (Å²) in [5, 5.41) is 3.22. The minimum atomic E-state index is -0.504. The Balaban J connectivity index is 1.27. The third-order valence-corrected chi connectivity index (χ3v) is 5.93. The van der Waals surface area contributed by atoms with Crippen molar-refractivity contribution in [3.8, 4) is 0 Å². The van der Waals surface area contributed by atoms with Crippen molar-refractivity contribution in [1.29, 1.82) is 0 Å². The number of nitrogens with one attached hydrogen (secondary N) is 1. The molecule has 5 rings (SSSR count). The van der Waals surface area contributed by atoms with Crippen LogP contribution in [0.1, 0.15) is 32.5 Å². The highest BCUT2D eigenvalue weighted by molar-refractivity contribution is 5.94. The molecule has 2 aliphatic rings. The molecule has 2 fully saturated rings. The van der Waals surface area contributed by atoms with Gasteiger partial charge in [0.15, 0.2) is 0 Å². The summed E-state index contributed by atoms with van der Waals surface area (Å²) in [6.07, 6.45) is 1.58. The number of hydrogen-bond donors (Lipinski definition) is 2. The fraction of sp³-hybridized carbons (Fsp3) is 0.217. The van der Waals surface area contributed by atoms with Crippen LogP contribution < -0.4 is 11.1 Å². The smallest absolute Gasteiger partial charge is 0.272 e. The Kier molecular flexibility index (Phi) is 4.43. The number of pyridine rings is 2. The standard InChI is InChI=1S/C23H21N5O2/c24-22(29)21-15(8-5-11-25-21)20-16-12-28(13-17(16)20)23(30)18-9-4-10-19(27-18)26-14-6-2-1-3-7-14/h1-11,16-17,20H,12-13H2,(H2,24,29)(H,26,27)/t16-,17+,20?. The first kappa shape index (κ1) is 18.3. The van der Waals surface area contributed by atoms with E-state index in [4.69, 9.17) is 5.73 Å². The SMILES string of the molecule is NC(=O)c1ncccc1C1[C@H]2CN(C(=O)c3cccc(Nc4ccccc4)n3)C[C@@H]12. The van der Waals surface area contributed by atoms with Crippen LogP contribution in [0.5, 0.6) is 0 Å². The van der Waals surface area contributed by atoms with E-state index in [9.17, 15) is 9.59 Å². The van der Waals surface area contributed by atoms with E-state index < -0.39 is 5.91 Å². The Bertz CT molecular complexity index is 1110. The van der Waals surface area contributed by atoms with Crippen LogP contribution >= 0.6 is 0 Å². The van der Waals surface area contributed by atoms with Gasteiger partial charge in [-0.05, 0) is 53.6 Å². The van der Waals surface area contributed by atoms with Crippen molar-refractivity contribution in [3.05, 3.63) is 83.8 Å². The van der Waals surface area contributed by atoms with Crippen molar-refractivity contribution in [2.75, 3.05) is 18.4 Å². The molecule has 150 valence electrons. The van der Waals surface area contributed by atoms with Crippen LogP contribution in [-0.2, 0) is 0 Å². The lowest BCUT2D eigenvalue weighted by Gasteiger charge is -2.20. The van der Waals surface area contributed by atoms with Crippen molar-refractivity contribution in [3.63, 3.8) is 0 Å². The largest absolute Gasteiger partial charge is 0.364 e. The average molecular weight is 399 g/mol. The number of piperidine rings is 1. The van der Waals surface area contributed by atoms with E-state index in [-0.39, 0.29) is 11.8 Å². The monoisotopic (exact) mass is 399 g/mol. The molecule has 1 unspecified atom stereocenters. The van der Waals surface area contributed by atoms with Crippen LogP contribution in [0.4, 0.5) is 11.5 Å². The van der Waals surface area contributed by atoms with E-state index in [0.717, 1.165) is 11.3 Å². The molecule has 1 aliphatic heterocycles. The number of para-hydroxylation sites is 1. The van der Waals surface area contributed by atoms with E-state index in [1.807, 2.05) is 59.5 Å². The van der Waals surface area contributed by atoms with Crippen molar-refractivity contribution in [2.24, 2.45) is 17.6 Å². The van der Waals surface area contributed by atoms with Gasteiger partial charge in [-0.1, -0.05) is 30.3 Å². The first-order chi connectivity index (χ1) is 14.6. The summed E-state index contributed by atoms with van der Waals surface area (Å²) >= 11 is 0. The molecule has 3 N–H and O–H groups in total. The normalized spacial score (nSPS) is 21.7. The highest BCUT2D eigenvalue weighted by Gasteiger charge is 2.58. The lowest BCUT2D eigenvalue weighted by molar-refractivity contribution is 0.0766. The highest BCUT2D eigenvalue weighted by atomic mass is 16.2. The van der Waals surface area contributed by atoms with Gasteiger partial charge in [0.05, 0.1) is 0 Å². The minimum absolute atomic E-state index is 0.0704. The number of fused-ring (bicyclic) bond motifs is 1. The van der Waals surface area contributed by atoms with Gasteiger partial charge in [-0.25, -0.2) is 4.98 Å². The number of benzene rings is 1. The highest BCUT2D eigenvalue weighted by Crippen LogP contribution is 2.58. The number of nitrogens with two attached hydrogens (primary N) is 1. The molecular formula is C23H21N5O2. The molecule has 7 heteroatoms. The van der Waals surface area contributed by atoms with Gasteiger partial charge < -0.3 is 16.0 Å². The number of anilines is 2. The van der Waals surface area contributed by atoms with Crippen molar-refractivity contribution < 1.29 is 9.59 Å². The Morgan fingerprint density at radius 2 is 1.73 bits per heavy atom. The predicted octanol–water partition coefficient (Wildman–Crippen LogP) is 2.80. The number of amides is 2. The number of carbonyl (C=O) groups is 2. The van der Waals surface area contributed by atoms with Crippen LogP contribution in [0.2, 0.25) is 0 Å². The number of likely N-dealkylation sites (tertiary alicyclic amines) is 1. The van der Waals surface area contributed by atoms with Crippen molar-refractivity contribution in [1.82, 2.24) is 14.9 Å². The molecule has 1 saturated carbocycles. The molecule has 2 amide bonds. The van der Waals surface area contributed by atoms with Gasteiger partial charge in [0.25, 0.3) is 11.8 Å². The lowest BCUT2D eigenvalue weighted by atomic mass is 10.0. The van der Waals surface area contributed by atoms with E-state index in [1.165, 1.54) is 0 Å². The summed E-state index contributed by atoms with van der Waals surface area (Å²) in [6.45, 7) is 1.30. The molecule has 1 saturated heterocycles. The van der Waals surface area contributed by atoms with Crippen LogP contribution in [0.3, 0.4) is 0 Å². The van der Waals surface area contributed by atoms with E-state index in [0.29, 0.717) is 42.1 Å². The fourth-order valence-corrected chi connectivity index (χ4v) is 4.50. The summed E-state index contributed by atoms with van der Waals surface area (Å²) in [6, 6.07) is 18.9. The zero-order valence-corrected chi connectivity index (χ0v) is 16.2. The first-order valence-electron chi connectivity index (χ1n) is 9.95. The maximum atomic E-state index is 13.0. The number of primary amides is 1. The number of aromatic nitrogens is 2.